The molecule has 0 saturated heterocycles. The van der Waals surface area contributed by atoms with E-state index in [1.54, 1.807) is 25.3 Å². The Morgan fingerprint density at radius 1 is 1.16 bits per heavy atom. The van der Waals surface area contributed by atoms with E-state index >= 15 is 0 Å². The average Bonchev–Trinajstić information content (AvgIpc) is 2.59. The topological polar surface area (TPSA) is 84.9 Å². The number of aryl methyl sites for hydroxylation is 1. The van der Waals surface area contributed by atoms with E-state index in [1.807, 2.05) is 31.2 Å². The van der Waals surface area contributed by atoms with Gasteiger partial charge in [-0.15, -0.1) is 0 Å². The molecule has 0 fully saturated rings. The van der Waals surface area contributed by atoms with Crippen molar-refractivity contribution in [3.05, 3.63) is 59.2 Å². The summed E-state index contributed by atoms with van der Waals surface area (Å²) in [5.41, 5.74) is 2.72. The van der Waals surface area contributed by atoms with Crippen molar-refractivity contribution in [2.75, 3.05) is 13.7 Å². The third-order valence-electron chi connectivity index (χ3n) is 3.54. The lowest BCUT2D eigenvalue weighted by atomic mass is 10.1. The molecule has 0 radical (unpaired) electrons. The van der Waals surface area contributed by atoms with Crippen molar-refractivity contribution in [2.24, 2.45) is 0 Å². The Labute approximate surface area is 146 Å². The number of hydrogen-bond acceptors (Lipinski definition) is 4. The van der Waals surface area contributed by atoms with E-state index in [4.69, 9.17) is 14.6 Å². The molecule has 6 nitrogen and oxygen atoms in total. The highest BCUT2D eigenvalue weighted by molar-refractivity contribution is 5.79. The van der Waals surface area contributed by atoms with Crippen LogP contribution in [0.2, 0.25) is 0 Å². The number of methoxy groups -OCH3 is 1. The molecule has 0 aromatic heterocycles. The van der Waals surface area contributed by atoms with E-state index in [9.17, 15) is 9.59 Å². The van der Waals surface area contributed by atoms with Crippen molar-refractivity contribution in [3.63, 3.8) is 0 Å². The van der Waals surface area contributed by atoms with Crippen molar-refractivity contribution >= 4 is 11.9 Å². The maximum absolute atomic E-state index is 12.2. The maximum Gasteiger partial charge on any atom is 0.341 e. The number of carbonyl (C=O) groups excluding carboxylic acids is 1. The fraction of sp³-hybridized carbons (Fsp3) is 0.263. The third kappa shape index (κ3) is 5.84. The maximum atomic E-state index is 12.2. The Morgan fingerprint density at radius 3 is 2.68 bits per heavy atom. The molecular weight excluding hydrogens is 322 g/mol. The molecule has 2 rings (SSSR count). The van der Waals surface area contributed by atoms with Gasteiger partial charge in [0.05, 0.1) is 13.5 Å². The summed E-state index contributed by atoms with van der Waals surface area (Å²) in [5, 5.41) is 11.5. The molecule has 6 heteroatoms. The molecule has 1 amide bonds. The molecule has 0 saturated carbocycles. The first kappa shape index (κ1) is 18.3. The second-order valence-electron chi connectivity index (χ2n) is 5.60. The number of rotatable bonds is 8. The van der Waals surface area contributed by atoms with Crippen molar-refractivity contribution in [1.82, 2.24) is 5.32 Å². The number of carboxylic acid groups (broad SMARTS) is 1. The van der Waals surface area contributed by atoms with Crippen LogP contribution in [0.25, 0.3) is 0 Å². The number of hydrogen-bond donors (Lipinski definition) is 2. The first-order valence-corrected chi connectivity index (χ1v) is 7.81. The first-order chi connectivity index (χ1) is 12.0. The highest BCUT2D eigenvalue weighted by Gasteiger charge is 2.09. The molecule has 0 unspecified atom stereocenters. The van der Waals surface area contributed by atoms with Gasteiger partial charge in [0.15, 0.2) is 6.61 Å². The summed E-state index contributed by atoms with van der Waals surface area (Å²) in [5.74, 6) is -0.0223. The van der Waals surface area contributed by atoms with Crippen molar-refractivity contribution in [1.29, 1.82) is 0 Å². The minimum Gasteiger partial charge on any atom is -0.496 e. The Morgan fingerprint density at radius 2 is 1.96 bits per heavy atom. The lowest BCUT2D eigenvalue weighted by Gasteiger charge is -2.11. The standard InChI is InChI=1S/C19H21NO5/c1-13-6-7-17(24-2)15(8-13)10-18(21)20-11-14-4-3-5-16(9-14)25-12-19(22)23/h3-9H,10-12H2,1-2H3,(H,20,21)(H,22,23). The molecule has 0 bridgehead atoms. The predicted molar refractivity (Wildman–Crippen MR) is 92.9 cm³/mol. The van der Waals surface area contributed by atoms with Crippen molar-refractivity contribution in [3.8, 4) is 11.5 Å². The normalized spacial score (nSPS) is 10.2. The van der Waals surface area contributed by atoms with Crippen LogP contribution < -0.4 is 14.8 Å². The summed E-state index contributed by atoms with van der Waals surface area (Å²) >= 11 is 0. The zero-order valence-electron chi connectivity index (χ0n) is 14.2. The molecule has 0 atom stereocenters. The molecule has 25 heavy (non-hydrogen) atoms. The van der Waals surface area contributed by atoms with Gasteiger partial charge in [-0.05, 0) is 30.7 Å². The van der Waals surface area contributed by atoms with E-state index in [1.165, 1.54) is 0 Å². The van der Waals surface area contributed by atoms with E-state index in [0.29, 0.717) is 18.0 Å². The molecule has 0 aliphatic heterocycles. The molecule has 0 aliphatic rings. The van der Waals surface area contributed by atoms with Gasteiger partial charge < -0.3 is 19.9 Å². The van der Waals surface area contributed by atoms with Crippen LogP contribution >= 0.6 is 0 Å². The molecule has 132 valence electrons. The minimum absolute atomic E-state index is 0.124. The van der Waals surface area contributed by atoms with Gasteiger partial charge in [-0.3, -0.25) is 4.79 Å². The molecule has 0 aliphatic carbocycles. The summed E-state index contributed by atoms with van der Waals surface area (Å²) in [4.78, 5) is 22.7. The van der Waals surface area contributed by atoms with Gasteiger partial charge in [-0.1, -0.05) is 29.8 Å². The number of benzene rings is 2. The second-order valence-corrected chi connectivity index (χ2v) is 5.60. The largest absolute Gasteiger partial charge is 0.496 e. The minimum atomic E-state index is -1.04. The van der Waals surface area contributed by atoms with Crippen LogP contribution in [-0.4, -0.2) is 30.7 Å². The first-order valence-electron chi connectivity index (χ1n) is 7.81. The smallest absolute Gasteiger partial charge is 0.341 e. The molecule has 0 heterocycles. The molecule has 2 N–H and O–H groups in total. The molecule has 0 spiro atoms. The van der Waals surface area contributed by atoms with E-state index in [0.717, 1.165) is 16.7 Å². The van der Waals surface area contributed by atoms with Crippen LogP contribution in [0, 0.1) is 6.92 Å². The fourth-order valence-electron chi connectivity index (χ4n) is 2.37. The van der Waals surface area contributed by atoms with Gasteiger partial charge in [-0.25, -0.2) is 4.79 Å². The number of amides is 1. The number of aliphatic carboxylic acids is 1. The molecular formula is C19H21NO5. The van der Waals surface area contributed by atoms with Gasteiger partial charge >= 0.3 is 5.97 Å². The lowest BCUT2D eigenvalue weighted by molar-refractivity contribution is -0.139. The van der Waals surface area contributed by atoms with Gasteiger partial charge in [-0.2, -0.15) is 0 Å². The van der Waals surface area contributed by atoms with E-state index in [2.05, 4.69) is 5.32 Å². The SMILES string of the molecule is COc1ccc(C)cc1CC(=O)NCc1cccc(OCC(=O)O)c1. The monoisotopic (exact) mass is 343 g/mol. The quantitative estimate of drug-likeness (QED) is 0.768. The summed E-state index contributed by atoms with van der Waals surface area (Å²) in [7, 11) is 1.58. The van der Waals surface area contributed by atoms with Crippen LogP contribution in [0.1, 0.15) is 16.7 Å². The summed E-state index contributed by atoms with van der Waals surface area (Å²) < 4.78 is 10.4. The number of carboxylic acids is 1. The fourth-order valence-corrected chi connectivity index (χ4v) is 2.37. The summed E-state index contributed by atoms with van der Waals surface area (Å²) in [6.45, 7) is 1.89. The van der Waals surface area contributed by atoms with Crippen LogP contribution in [0.4, 0.5) is 0 Å². The van der Waals surface area contributed by atoms with E-state index < -0.39 is 12.6 Å². The number of nitrogens with one attached hydrogen (secondary N) is 1. The zero-order chi connectivity index (χ0) is 18.2. The third-order valence-corrected chi connectivity index (χ3v) is 3.54. The van der Waals surface area contributed by atoms with Gasteiger partial charge in [0.2, 0.25) is 5.91 Å². The van der Waals surface area contributed by atoms with Crippen molar-refractivity contribution in [2.45, 2.75) is 19.9 Å². The Bertz CT molecular complexity index is 757. The second kappa shape index (κ2) is 8.73. The Kier molecular flexibility index (Phi) is 6.39. The molecule has 2 aromatic rings. The van der Waals surface area contributed by atoms with E-state index in [-0.39, 0.29) is 12.3 Å². The summed E-state index contributed by atoms with van der Waals surface area (Å²) in [6, 6.07) is 12.7. The van der Waals surface area contributed by atoms with Gasteiger partial charge in [0, 0.05) is 12.1 Å². The van der Waals surface area contributed by atoms with Crippen LogP contribution in [0.3, 0.4) is 0 Å². The molecule has 2 aromatic carbocycles. The Hall–Kier alpha value is -3.02. The number of carbonyl (C=O) groups is 2. The van der Waals surface area contributed by atoms with Crippen LogP contribution in [0.15, 0.2) is 42.5 Å². The lowest BCUT2D eigenvalue weighted by Crippen LogP contribution is -2.24. The predicted octanol–water partition coefficient (Wildman–Crippen LogP) is 2.33. The zero-order valence-corrected chi connectivity index (χ0v) is 14.2. The highest BCUT2D eigenvalue weighted by atomic mass is 16.5. The van der Waals surface area contributed by atoms with Gasteiger partial charge in [0.1, 0.15) is 11.5 Å². The Balaban J connectivity index is 1.93. The van der Waals surface area contributed by atoms with Crippen LogP contribution in [0.5, 0.6) is 11.5 Å². The average molecular weight is 343 g/mol. The van der Waals surface area contributed by atoms with Gasteiger partial charge in [0.25, 0.3) is 0 Å². The highest BCUT2D eigenvalue weighted by Crippen LogP contribution is 2.20. The van der Waals surface area contributed by atoms with Crippen LogP contribution in [-0.2, 0) is 22.6 Å². The number of ether oxygens (including phenoxy) is 2. The summed E-state index contributed by atoms with van der Waals surface area (Å²) in [6.07, 6.45) is 0.222. The van der Waals surface area contributed by atoms with Crippen molar-refractivity contribution < 1.29 is 24.2 Å².